The second kappa shape index (κ2) is 4.24. The summed E-state index contributed by atoms with van der Waals surface area (Å²) in [5, 5.41) is 0. The third kappa shape index (κ3) is 1.60. The maximum absolute atomic E-state index is 2.34. The average molecular weight is 244 g/mol. The van der Waals surface area contributed by atoms with Crippen molar-refractivity contribution in [1.29, 1.82) is 0 Å². The summed E-state index contributed by atoms with van der Waals surface area (Å²) in [5.74, 6) is 0.548. The minimum atomic E-state index is 0.548. The van der Waals surface area contributed by atoms with Crippen LogP contribution in [0, 0.1) is 0 Å². The van der Waals surface area contributed by atoms with E-state index in [9.17, 15) is 0 Å². The molecule has 1 aromatic carbocycles. The van der Waals surface area contributed by atoms with Crippen LogP contribution in [0.4, 0.5) is 0 Å². The molecule has 0 bridgehead atoms. The first kappa shape index (κ1) is 10.8. The fourth-order valence-electron chi connectivity index (χ4n) is 3.45. The number of hydrogen-bond donors (Lipinski definition) is 0. The molecule has 1 unspecified atom stereocenters. The molecule has 0 heterocycles. The van der Waals surface area contributed by atoms with Crippen LogP contribution in [-0.4, -0.2) is 0 Å². The summed E-state index contributed by atoms with van der Waals surface area (Å²) < 4.78 is 0. The SMILES string of the molecule is C1=CCC2C3=C(\C=C/C=C\C=C3\C1)c1ccccc12. The number of benzene rings is 1. The Bertz CT molecular complexity index is 678. The van der Waals surface area contributed by atoms with Gasteiger partial charge in [0.2, 0.25) is 0 Å². The molecular formula is C19H16. The van der Waals surface area contributed by atoms with Gasteiger partial charge in [-0.3, -0.25) is 0 Å². The van der Waals surface area contributed by atoms with Gasteiger partial charge in [0.25, 0.3) is 0 Å². The van der Waals surface area contributed by atoms with Gasteiger partial charge in [-0.2, -0.15) is 0 Å². The Kier molecular flexibility index (Phi) is 2.41. The van der Waals surface area contributed by atoms with Gasteiger partial charge in [-0.1, -0.05) is 66.8 Å². The molecule has 3 aliphatic carbocycles. The van der Waals surface area contributed by atoms with Crippen molar-refractivity contribution in [3.63, 3.8) is 0 Å². The van der Waals surface area contributed by atoms with Gasteiger partial charge in [-0.15, -0.1) is 0 Å². The standard InChI is InChI=1S/C19H16/c1-2-8-14-9-4-5-13-18-16-11-7-6-10-15(16)17(12-3-1)19(14)18/h1-8,10-12,18H,9,13H2/b2-1-,3-1?,8-2?,12-3-,14-8-,17-12?. The Morgan fingerprint density at radius 1 is 0.947 bits per heavy atom. The highest BCUT2D eigenvalue weighted by atomic mass is 14.3. The van der Waals surface area contributed by atoms with E-state index in [1.165, 1.54) is 22.3 Å². The Morgan fingerprint density at radius 3 is 2.89 bits per heavy atom. The van der Waals surface area contributed by atoms with Crippen molar-refractivity contribution in [1.82, 2.24) is 0 Å². The molecule has 92 valence electrons. The third-order valence-corrected chi connectivity index (χ3v) is 4.27. The number of allylic oxidation sites excluding steroid dienone is 10. The Morgan fingerprint density at radius 2 is 1.89 bits per heavy atom. The summed E-state index contributed by atoms with van der Waals surface area (Å²) in [5.41, 5.74) is 7.38. The highest BCUT2D eigenvalue weighted by Crippen LogP contribution is 2.49. The van der Waals surface area contributed by atoms with Gasteiger partial charge >= 0.3 is 0 Å². The third-order valence-electron chi connectivity index (χ3n) is 4.27. The summed E-state index contributed by atoms with van der Waals surface area (Å²) in [6.07, 6.45) is 17.9. The van der Waals surface area contributed by atoms with Crippen LogP contribution >= 0.6 is 0 Å². The minimum Gasteiger partial charge on any atom is -0.0873 e. The minimum absolute atomic E-state index is 0.548. The maximum atomic E-state index is 2.34. The van der Waals surface area contributed by atoms with E-state index in [-0.39, 0.29) is 0 Å². The summed E-state index contributed by atoms with van der Waals surface area (Å²) in [7, 11) is 0. The van der Waals surface area contributed by atoms with Crippen molar-refractivity contribution in [3.8, 4) is 0 Å². The summed E-state index contributed by atoms with van der Waals surface area (Å²) in [6.45, 7) is 0. The highest BCUT2D eigenvalue weighted by Gasteiger charge is 2.31. The molecule has 3 aliphatic rings. The first-order valence-corrected chi connectivity index (χ1v) is 6.98. The van der Waals surface area contributed by atoms with Crippen LogP contribution in [0.5, 0.6) is 0 Å². The van der Waals surface area contributed by atoms with Crippen LogP contribution in [0.15, 0.2) is 77.9 Å². The topological polar surface area (TPSA) is 0 Å². The van der Waals surface area contributed by atoms with Crippen molar-refractivity contribution in [2.75, 3.05) is 0 Å². The molecule has 0 radical (unpaired) electrons. The van der Waals surface area contributed by atoms with Gasteiger partial charge in [0.15, 0.2) is 0 Å². The zero-order chi connectivity index (χ0) is 12.7. The zero-order valence-corrected chi connectivity index (χ0v) is 10.8. The summed E-state index contributed by atoms with van der Waals surface area (Å²) in [4.78, 5) is 0. The molecule has 19 heavy (non-hydrogen) atoms. The van der Waals surface area contributed by atoms with E-state index >= 15 is 0 Å². The Hall–Kier alpha value is -2.08. The molecule has 0 fully saturated rings. The summed E-state index contributed by atoms with van der Waals surface area (Å²) in [6, 6.07) is 8.88. The molecule has 0 heteroatoms. The van der Waals surface area contributed by atoms with Gasteiger partial charge in [0.1, 0.15) is 0 Å². The second-order valence-electron chi connectivity index (χ2n) is 5.31. The molecule has 0 nitrogen and oxygen atoms in total. The molecule has 4 rings (SSSR count). The van der Waals surface area contributed by atoms with Gasteiger partial charge in [-0.05, 0) is 40.7 Å². The Labute approximate surface area is 114 Å². The second-order valence-corrected chi connectivity index (χ2v) is 5.31. The molecule has 0 N–H and O–H groups in total. The normalized spacial score (nSPS) is 29.5. The zero-order valence-electron chi connectivity index (χ0n) is 10.8. The van der Waals surface area contributed by atoms with Crippen molar-refractivity contribution in [2.45, 2.75) is 18.8 Å². The predicted octanol–water partition coefficient (Wildman–Crippen LogP) is 4.94. The lowest BCUT2D eigenvalue weighted by Crippen LogP contribution is -1.99. The van der Waals surface area contributed by atoms with E-state index in [0.29, 0.717) is 5.92 Å². The largest absolute Gasteiger partial charge is 0.0873 e. The quantitative estimate of drug-likeness (QED) is 0.567. The van der Waals surface area contributed by atoms with Crippen LogP contribution in [-0.2, 0) is 0 Å². The molecule has 0 aliphatic heterocycles. The van der Waals surface area contributed by atoms with E-state index in [0.717, 1.165) is 12.8 Å². The van der Waals surface area contributed by atoms with Crippen LogP contribution in [0.3, 0.4) is 0 Å². The van der Waals surface area contributed by atoms with E-state index < -0.39 is 0 Å². The fourth-order valence-corrected chi connectivity index (χ4v) is 3.45. The van der Waals surface area contributed by atoms with E-state index in [1.807, 2.05) is 0 Å². The van der Waals surface area contributed by atoms with Crippen molar-refractivity contribution >= 4 is 5.57 Å². The number of hydrogen-bond acceptors (Lipinski definition) is 0. The Balaban J connectivity index is 2.01. The van der Waals surface area contributed by atoms with E-state index in [2.05, 4.69) is 66.8 Å². The molecule has 0 aromatic heterocycles. The predicted molar refractivity (Wildman–Crippen MR) is 80.8 cm³/mol. The molecular weight excluding hydrogens is 228 g/mol. The molecule has 1 aromatic rings. The lowest BCUT2D eigenvalue weighted by molar-refractivity contribution is 0.842. The van der Waals surface area contributed by atoms with Crippen molar-refractivity contribution in [3.05, 3.63) is 89.1 Å². The molecule has 0 spiro atoms. The van der Waals surface area contributed by atoms with Gasteiger partial charge in [0, 0.05) is 5.92 Å². The van der Waals surface area contributed by atoms with Crippen LogP contribution in [0.25, 0.3) is 5.57 Å². The van der Waals surface area contributed by atoms with Crippen molar-refractivity contribution in [2.24, 2.45) is 0 Å². The van der Waals surface area contributed by atoms with Crippen LogP contribution in [0.1, 0.15) is 29.9 Å². The lowest BCUT2D eigenvalue weighted by Gasteiger charge is -2.15. The average Bonchev–Trinajstić information content (AvgIpc) is 2.58. The van der Waals surface area contributed by atoms with Gasteiger partial charge in [-0.25, -0.2) is 0 Å². The van der Waals surface area contributed by atoms with Gasteiger partial charge < -0.3 is 0 Å². The van der Waals surface area contributed by atoms with Gasteiger partial charge in [0.05, 0.1) is 0 Å². The lowest BCUT2D eigenvalue weighted by atomic mass is 9.88. The first-order valence-electron chi connectivity index (χ1n) is 6.98. The number of fused-ring (bicyclic) bond motifs is 3. The summed E-state index contributed by atoms with van der Waals surface area (Å²) >= 11 is 0. The van der Waals surface area contributed by atoms with E-state index in [1.54, 1.807) is 5.57 Å². The number of rotatable bonds is 0. The molecule has 0 amide bonds. The van der Waals surface area contributed by atoms with Crippen molar-refractivity contribution < 1.29 is 0 Å². The van der Waals surface area contributed by atoms with Crippen LogP contribution < -0.4 is 0 Å². The maximum Gasteiger partial charge on any atom is 0.0139 e. The molecule has 0 saturated carbocycles. The highest BCUT2D eigenvalue weighted by molar-refractivity contribution is 5.88. The first-order chi connectivity index (χ1) is 9.45. The van der Waals surface area contributed by atoms with E-state index in [4.69, 9.17) is 0 Å². The fraction of sp³-hybridized carbons (Fsp3) is 0.158. The molecule has 1 atom stereocenters. The smallest absolute Gasteiger partial charge is 0.0139 e. The monoisotopic (exact) mass is 244 g/mol. The van der Waals surface area contributed by atoms with Crippen LogP contribution in [0.2, 0.25) is 0 Å². The molecule has 0 saturated heterocycles.